The average molecular weight is 324 g/mol. The van der Waals surface area contributed by atoms with E-state index in [0.717, 1.165) is 5.39 Å². The third-order valence-corrected chi connectivity index (χ3v) is 3.93. The number of hydrogen-bond donors (Lipinski definition) is 1. The Morgan fingerprint density at radius 3 is 2.83 bits per heavy atom. The molecule has 0 bridgehead atoms. The van der Waals surface area contributed by atoms with Crippen molar-refractivity contribution in [2.45, 2.75) is 0 Å². The van der Waals surface area contributed by atoms with E-state index < -0.39 is 7.04 Å². The van der Waals surface area contributed by atoms with E-state index in [1.807, 2.05) is 6.07 Å². The van der Waals surface area contributed by atoms with Crippen molar-refractivity contribution >= 4 is 21.8 Å². The molecule has 0 spiro atoms. The molecule has 0 aliphatic carbocycles. The van der Waals surface area contributed by atoms with Crippen LogP contribution in [0.5, 0.6) is 11.5 Å². The largest absolute Gasteiger partial charge is 0.497 e. The van der Waals surface area contributed by atoms with Crippen LogP contribution in [0.4, 0.5) is 0 Å². The molecule has 6 heteroatoms. The van der Waals surface area contributed by atoms with Crippen molar-refractivity contribution in [2.75, 3.05) is 14.1 Å². The van der Waals surface area contributed by atoms with Crippen molar-refractivity contribution in [3.63, 3.8) is 0 Å². The second-order valence-electron chi connectivity index (χ2n) is 5.28. The van der Waals surface area contributed by atoms with Crippen LogP contribution in [-0.4, -0.2) is 28.9 Å². The SMILES string of the molecule is [2H]C([2H])([2H])Oc1cccc(-n2[nH]c3c(cnc4cc(OC)ccc43)c2=O)c1. The standard InChI is InChI=1S/C18H15N3O3/c1-23-12-5-3-4-11(8-12)21-18(22)15-10-19-16-9-13(24-2)6-7-14(16)17(15)20-21/h3-10,20H,1-2H3/i1D3. The van der Waals surface area contributed by atoms with Crippen LogP contribution in [0.3, 0.4) is 0 Å². The molecule has 2 aromatic heterocycles. The van der Waals surface area contributed by atoms with Crippen LogP contribution in [-0.2, 0) is 0 Å². The Morgan fingerprint density at radius 2 is 2.00 bits per heavy atom. The predicted molar refractivity (Wildman–Crippen MR) is 92.3 cm³/mol. The van der Waals surface area contributed by atoms with Crippen molar-refractivity contribution in [2.24, 2.45) is 0 Å². The van der Waals surface area contributed by atoms with Gasteiger partial charge in [0.15, 0.2) is 0 Å². The zero-order valence-electron chi connectivity index (χ0n) is 15.7. The third-order valence-electron chi connectivity index (χ3n) is 3.93. The molecule has 120 valence electrons. The van der Waals surface area contributed by atoms with E-state index in [9.17, 15) is 4.79 Å². The van der Waals surface area contributed by atoms with Crippen molar-refractivity contribution < 1.29 is 13.6 Å². The lowest BCUT2D eigenvalue weighted by atomic mass is 10.1. The molecule has 2 heterocycles. The highest BCUT2D eigenvalue weighted by molar-refractivity contribution is 6.03. The Balaban J connectivity index is 1.88. The van der Waals surface area contributed by atoms with Crippen molar-refractivity contribution in [3.05, 3.63) is 59.0 Å². The summed E-state index contributed by atoms with van der Waals surface area (Å²) < 4.78 is 33.1. The number of H-pyrrole nitrogens is 1. The number of pyridine rings is 1. The first kappa shape index (κ1) is 11.3. The maximum atomic E-state index is 12.8. The zero-order chi connectivity index (χ0) is 19.2. The van der Waals surface area contributed by atoms with E-state index in [1.165, 1.54) is 23.0 Å². The molecule has 6 nitrogen and oxygen atoms in total. The molecule has 0 fully saturated rings. The molecule has 4 rings (SSSR count). The summed E-state index contributed by atoms with van der Waals surface area (Å²) >= 11 is 0. The summed E-state index contributed by atoms with van der Waals surface area (Å²) in [6.07, 6.45) is 1.51. The van der Waals surface area contributed by atoms with Gasteiger partial charge in [0.25, 0.3) is 5.56 Å². The lowest BCUT2D eigenvalue weighted by Gasteiger charge is -2.04. The molecule has 0 aliphatic rings. The van der Waals surface area contributed by atoms with Gasteiger partial charge in [-0.3, -0.25) is 14.9 Å². The van der Waals surface area contributed by atoms with E-state index in [2.05, 4.69) is 10.1 Å². The van der Waals surface area contributed by atoms with Crippen LogP contribution in [0.25, 0.3) is 27.5 Å². The Kier molecular flexibility index (Phi) is 2.55. The van der Waals surface area contributed by atoms with E-state index in [-0.39, 0.29) is 11.3 Å². The van der Waals surface area contributed by atoms with Gasteiger partial charge < -0.3 is 9.47 Å². The Bertz CT molecular complexity index is 1210. The first-order valence-corrected chi connectivity index (χ1v) is 7.23. The van der Waals surface area contributed by atoms with Crippen LogP contribution in [0.1, 0.15) is 4.11 Å². The molecule has 0 aliphatic heterocycles. The van der Waals surface area contributed by atoms with Gasteiger partial charge >= 0.3 is 0 Å². The highest BCUT2D eigenvalue weighted by Gasteiger charge is 2.12. The van der Waals surface area contributed by atoms with Crippen LogP contribution in [0, 0.1) is 0 Å². The molecule has 2 aromatic carbocycles. The number of ether oxygens (including phenoxy) is 2. The van der Waals surface area contributed by atoms with Crippen LogP contribution in [0.15, 0.2) is 53.5 Å². The number of methoxy groups -OCH3 is 2. The van der Waals surface area contributed by atoms with Gasteiger partial charge in [-0.15, -0.1) is 0 Å². The number of fused-ring (bicyclic) bond motifs is 3. The van der Waals surface area contributed by atoms with Gasteiger partial charge in [-0.1, -0.05) is 6.07 Å². The van der Waals surface area contributed by atoms with Crippen LogP contribution in [0.2, 0.25) is 0 Å². The number of benzene rings is 2. The normalized spacial score (nSPS) is 13.5. The number of rotatable bonds is 3. The first-order chi connectivity index (χ1) is 12.9. The molecule has 0 saturated heterocycles. The minimum atomic E-state index is -2.57. The molecule has 0 radical (unpaired) electrons. The van der Waals surface area contributed by atoms with Crippen molar-refractivity contribution in [1.29, 1.82) is 0 Å². The fourth-order valence-corrected chi connectivity index (χ4v) is 2.73. The summed E-state index contributed by atoms with van der Waals surface area (Å²) in [7, 11) is -0.990. The van der Waals surface area contributed by atoms with Gasteiger partial charge in [0, 0.05) is 23.7 Å². The van der Waals surface area contributed by atoms with Crippen molar-refractivity contribution in [3.8, 4) is 17.2 Å². The molecular formula is C18H15N3O3. The van der Waals surface area contributed by atoms with Crippen molar-refractivity contribution in [1.82, 2.24) is 14.8 Å². The molecule has 0 atom stereocenters. The second-order valence-corrected chi connectivity index (χ2v) is 5.28. The van der Waals surface area contributed by atoms with E-state index in [1.54, 1.807) is 31.4 Å². The average Bonchev–Trinajstić information content (AvgIpc) is 2.97. The van der Waals surface area contributed by atoms with Crippen LogP contribution >= 0.6 is 0 Å². The number of nitrogens with one attached hydrogen (secondary N) is 1. The second kappa shape index (κ2) is 5.42. The molecule has 0 amide bonds. The number of hydrogen-bond acceptors (Lipinski definition) is 4. The van der Waals surface area contributed by atoms with Gasteiger partial charge in [0.05, 0.1) is 40.4 Å². The smallest absolute Gasteiger partial charge is 0.280 e. The predicted octanol–water partition coefficient (Wildman–Crippen LogP) is 2.88. The lowest BCUT2D eigenvalue weighted by Crippen LogP contribution is -2.14. The first-order valence-electron chi connectivity index (χ1n) is 8.73. The topological polar surface area (TPSA) is 69.1 Å². The van der Waals surface area contributed by atoms with Crippen LogP contribution < -0.4 is 15.0 Å². The summed E-state index contributed by atoms with van der Waals surface area (Å²) in [5.74, 6) is 0.816. The minimum Gasteiger partial charge on any atom is -0.497 e. The molecular weight excluding hydrogens is 306 g/mol. The highest BCUT2D eigenvalue weighted by Crippen LogP contribution is 2.25. The number of aromatic amines is 1. The van der Waals surface area contributed by atoms with Gasteiger partial charge in [-0.25, -0.2) is 4.68 Å². The lowest BCUT2D eigenvalue weighted by molar-refractivity contribution is 0.414. The quantitative estimate of drug-likeness (QED) is 0.629. The Hall–Kier alpha value is -3.28. The molecule has 24 heavy (non-hydrogen) atoms. The van der Waals surface area contributed by atoms with Gasteiger partial charge in [-0.05, 0) is 24.3 Å². The van der Waals surface area contributed by atoms with Gasteiger partial charge in [0.2, 0.25) is 0 Å². The molecule has 4 aromatic rings. The van der Waals surface area contributed by atoms with E-state index in [0.29, 0.717) is 27.9 Å². The summed E-state index contributed by atoms with van der Waals surface area (Å²) in [6, 6.07) is 11.7. The monoisotopic (exact) mass is 324 g/mol. The number of nitrogens with zero attached hydrogens (tertiary/aromatic N) is 2. The summed E-state index contributed by atoms with van der Waals surface area (Å²) in [6.45, 7) is 0. The van der Waals surface area contributed by atoms with E-state index in [4.69, 9.17) is 13.6 Å². The Labute approximate surface area is 141 Å². The Morgan fingerprint density at radius 1 is 1.12 bits per heavy atom. The highest BCUT2D eigenvalue weighted by atomic mass is 16.5. The number of aromatic nitrogens is 3. The minimum absolute atomic E-state index is 0.144. The molecule has 0 unspecified atom stereocenters. The fraction of sp³-hybridized carbons (Fsp3) is 0.111. The summed E-state index contributed by atoms with van der Waals surface area (Å²) in [5.41, 5.74) is 1.49. The van der Waals surface area contributed by atoms with Gasteiger partial charge in [0.1, 0.15) is 11.5 Å². The molecule has 0 saturated carbocycles. The van der Waals surface area contributed by atoms with E-state index >= 15 is 0 Å². The zero-order valence-corrected chi connectivity index (χ0v) is 12.7. The maximum Gasteiger partial charge on any atom is 0.280 e. The molecule has 1 N–H and O–H groups in total. The third kappa shape index (κ3) is 2.11. The summed E-state index contributed by atoms with van der Waals surface area (Å²) in [5, 5.41) is 4.28. The van der Waals surface area contributed by atoms with Gasteiger partial charge in [-0.2, -0.15) is 0 Å². The fourth-order valence-electron chi connectivity index (χ4n) is 2.73. The maximum absolute atomic E-state index is 12.8. The summed E-state index contributed by atoms with van der Waals surface area (Å²) in [4.78, 5) is 17.1.